The highest BCUT2D eigenvalue weighted by Gasteiger charge is 2.23. The van der Waals surface area contributed by atoms with Crippen molar-refractivity contribution in [3.63, 3.8) is 0 Å². The van der Waals surface area contributed by atoms with Crippen molar-refractivity contribution in [2.45, 2.75) is 19.6 Å². The van der Waals surface area contributed by atoms with Gasteiger partial charge in [-0.25, -0.2) is 0 Å². The molecule has 6 heteroatoms. The molecule has 104 valence electrons. The molecule has 0 aliphatic rings. The second-order valence-corrected chi connectivity index (χ2v) is 4.04. The third-order valence-corrected chi connectivity index (χ3v) is 2.55. The van der Waals surface area contributed by atoms with Gasteiger partial charge in [0.05, 0.1) is 7.11 Å². The molecule has 0 aliphatic carbocycles. The predicted octanol–water partition coefficient (Wildman–Crippen LogP) is 0.258. The van der Waals surface area contributed by atoms with Crippen LogP contribution in [-0.2, 0) is 21.0 Å². The van der Waals surface area contributed by atoms with Crippen LogP contribution < -0.4 is 10.6 Å². The molecule has 2 N–H and O–H groups in total. The number of rotatable bonds is 6. The van der Waals surface area contributed by atoms with Gasteiger partial charge in [0.2, 0.25) is 5.91 Å². The molecule has 1 rings (SSSR count). The summed E-state index contributed by atoms with van der Waals surface area (Å²) < 4.78 is 0. The molecule has 0 radical (unpaired) electrons. The van der Waals surface area contributed by atoms with Gasteiger partial charge in [0, 0.05) is 20.5 Å². The third-order valence-electron chi connectivity index (χ3n) is 2.55. The van der Waals surface area contributed by atoms with E-state index in [2.05, 4.69) is 10.6 Å². The number of carbonyl (C=O) groups is 2. The number of nitrogens with zero attached hydrogens (tertiary/aromatic N) is 1. The Kier molecular flexibility index (Phi) is 5.98. The number of nitrogens with one attached hydrogen (secondary N) is 2. The molecule has 0 fully saturated rings. The second kappa shape index (κ2) is 7.50. The summed E-state index contributed by atoms with van der Waals surface area (Å²) in [5.74, 6) is -0.632. The molecule has 1 aromatic carbocycles. The highest BCUT2D eigenvalue weighted by atomic mass is 16.7. The molecule has 19 heavy (non-hydrogen) atoms. The van der Waals surface area contributed by atoms with Crippen LogP contribution in [0.1, 0.15) is 12.5 Å². The van der Waals surface area contributed by atoms with Crippen LogP contribution in [-0.4, -0.2) is 37.2 Å². The quantitative estimate of drug-likeness (QED) is 0.572. The minimum absolute atomic E-state index is 0.302. The number of benzene rings is 1. The van der Waals surface area contributed by atoms with Crippen LogP contribution in [0.4, 0.5) is 0 Å². The maximum atomic E-state index is 12.0. The van der Waals surface area contributed by atoms with E-state index in [1.807, 2.05) is 30.3 Å². The highest BCUT2D eigenvalue weighted by Crippen LogP contribution is 1.99. The fraction of sp³-hybridized carbons (Fsp3) is 0.385. The van der Waals surface area contributed by atoms with E-state index in [1.165, 1.54) is 19.1 Å². The van der Waals surface area contributed by atoms with Crippen molar-refractivity contribution >= 4 is 11.8 Å². The number of carbonyl (C=O) groups excluding carboxylic acids is 2. The van der Waals surface area contributed by atoms with E-state index in [0.717, 1.165) is 5.56 Å². The number of amides is 2. The summed E-state index contributed by atoms with van der Waals surface area (Å²) in [7, 11) is 3.00. The molecule has 0 saturated carbocycles. The van der Waals surface area contributed by atoms with Gasteiger partial charge in [0.15, 0.2) is 6.17 Å². The molecule has 0 aromatic heterocycles. The summed E-state index contributed by atoms with van der Waals surface area (Å²) in [4.78, 5) is 28.0. The normalized spacial score (nSPS) is 12.0. The first-order valence-corrected chi connectivity index (χ1v) is 5.90. The van der Waals surface area contributed by atoms with Gasteiger partial charge in [0.1, 0.15) is 0 Å². The van der Waals surface area contributed by atoms with Crippen LogP contribution >= 0.6 is 0 Å². The van der Waals surface area contributed by atoms with Crippen molar-refractivity contribution in [1.29, 1.82) is 0 Å². The lowest BCUT2D eigenvalue weighted by atomic mass is 10.2. The van der Waals surface area contributed by atoms with Crippen molar-refractivity contribution in [2.75, 3.05) is 14.2 Å². The molecule has 6 nitrogen and oxygen atoms in total. The van der Waals surface area contributed by atoms with Crippen LogP contribution in [0.25, 0.3) is 0 Å². The van der Waals surface area contributed by atoms with E-state index in [1.54, 1.807) is 7.05 Å². The number of hydrogen-bond donors (Lipinski definition) is 2. The van der Waals surface area contributed by atoms with Crippen LogP contribution in [0.2, 0.25) is 0 Å². The topological polar surface area (TPSA) is 70.7 Å². The Morgan fingerprint density at radius 2 is 1.95 bits per heavy atom. The minimum atomic E-state index is -0.855. The van der Waals surface area contributed by atoms with Gasteiger partial charge in [-0.05, 0) is 5.56 Å². The Morgan fingerprint density at radius 1 is 1.32 bits per heavy atom. The van der Waals surface area contributed by atoms with Gasteiger partial charge in [-0.1, -0.05) is 30.3 Å². The largest absolute Gasteiger partial charge is 0.349 e. The van der Waals surface area contributed by atoms with E-state index in [0.29, 0.717) is 6.54 Å². The van der Waals surface area contributed by atoms with E-state index >= 15 is 0 Å². The summed E-state index contributed by atoms with van der Waals surface area (Å²) in [5, 5.41) is 6.54. The Morgan fingerprint density at radius 3 is 2.47 bits per heavy atom. The number of hydrogen-bond acceptors (Lipinski definition) is 4. The summed E-state index contributed by atoms with van der Waals surface area (Å²) >= 11 is 0. The second-order valence-electron chi connectivity index (χ2n) is 4.04. The first-order chi connectivity index (χ1) is 9.04. The molecular weight excluding hydrogens is 246 g/mol. The summed E-state index contributed by atoms with van der Waals surface area (Å²) in [6.07, 6.45) is -0.855. The first kappa shape index (κ1) is 15.1. The lowest BCUT2D eigenvalue weighted by molar-refractivity contribution is -0.169. The van der Waals surface area contributed by atoms with Crippen molar-refractivity contribution in [3.8, 4) is 0 Å². The van der Waals surface area contributed by atoms with Crippen LogP contribution in [0.3, 0.4) is 0 Å². The van der Waals surface area contributed by atoms with Crippen LogP contribution in [0.15, 0.2) is 30.3 Å². The zero-order valence-corrected chi connectivity index (χ0v) is 11.3. The number of likely N-dealkylation sites (N-methyl/N-ethyl adjacent to an activating group) is 1. The molecule has 0 saturated heterocycles. The summed E-state index contributed by atoms with van der Waals surface area (Å²) in [5.41, 5.74) is 0.984. The molecule has 0 unspecified atom stereocenters. The minimum Gasteiger partial charge on any atom is -0.349 e. The Balaban J connectivity index is 2.59. The monoisotopic (exact) mass is 265 g/mol. The third kappa shape index (κ3) is 5.07. The molecule has 2 amide bonds. The maximum Gasteiger partial charge on any atom is 0.260 e. The fourth-order valence-electron chi connectivity index (χ4n) is 1.50. The predicted molar refractivity (Wildman–Crippen MR) is 70.7 cm³/mol. The maximum absolute atomic E-state index is 12.0. The van der Waals surface area contributed by atoms with Gasteiger partial charge in [-0.3, -0.25) is 9.59 Å². The van der Waals surface area contributed by atoms with Gasteiger partial charge >= 0.3 is 0 Å². The van der Waals surface area contributed by atoms with E-state index in [9.17, 15) is 9.59 Å². The fourth-order valence-corrected chi connectivity index (χ4v) is 1.50. The standard InChI is InChI=1S/C13H19N3O3/c1-10(17)15-12(16(2)19-3)13(18)14-9-11-7-5-4-6-8-11/h4-8,12H,9H2,1-3H3,(H,14,18)(H,15,17)/t12-/m1/s1. The average Bonchev–Trinajstić information content (AvgIpc) is 2.42. The molecule has 0 bridgehead atoms. The van der Waals surface area contributed by atoms with Gasteiger partial charge in [0.25, 0.3) is 5.91 Å². The van der Waals surface area contributed by atoms with Gasteiger partial charge < -0.3 is 15.5 Å². The lowest BCUT2D eigenvalue weighted by Gasteiger charge is -2.25. The van der Waals surface area contributed by atoms with E-state index in [4.69, 9.17) is 4.84 Å². The lowest BCUT2D eigenvalue weighted by Crippen LogP contribution is -2.54. The summed E-state index contributed by atoms with van der Waals surface area (Å²) in [6.45, 7) is 1.74. The van der Waals surface area contributed by atoms with Gasteiger partial charge in [-0.15, -0.1) is 0 Å². The zero-order chi connectivity index (χ0) is 14.3. The summed E-state index contributed by atoms with van der Waals surface area (Å²) in [6, 6.07) is 9.52. The highest BCUT2D eigenvalue weighted by molar-refractivity contribution is 5.86. The Labute approximate surface area is 112 Å². The smallest absolute Gasteiger partial charge is 0.260 e. The molecule has 0 heterocycles. The average molecular weight is 265 g/mol. The Hall–Kier alpha value is -1.92. The SMILES string of the molecule is CON(C)[C@@H](NC(C)=O)C(=O)NCc1ccccc1. The van der Waals surface area contributed by atoms with Crippen molar-refractivity contribution in [1.82, 2.24) is 15.7 Å². The Bertz CT molecular complexity index is 422. The molecule has 1 atom stereocenters. The van der Waals surface area contributed by atoms with E-state index in [-0.39, 0.29) is 11.8 Å². The van der Waals surface area contributed by atoms with Crippen molar-refractivity contribution in [2.24, 2.45) is 0 Å². The number of hydroxylamine groups is 2. The molecule has 0 spiro atoms. The van der Waals surface area contributed by atoms with Crippen molar-refractivity contribution in [3.05, 3.63) is 35.9 Å². The van der Waals surface area contributed by atoms with Crippen LogP contribution in [0, 0.1) is 0 Å². The molecule has 0 aliphatic heterocycles. The first-order valence-electron chi connectivity index (χ1n) is 5.90. The van der Waals surface area contributed by atoms with Crippen molar-refractivity contribution < 1.29 is 14.4 Å². The molecule has 1 aromatic rings. The van der Waals surface area contributed by atoms with Crippen LogP contribution in [0.5, 0.6) is 0 Å². The van der Waals surface area contributed by atoms with Gasteiger partial charge in [-0.2, -0.15) is 5.06 Å². The zero-order valence-electron chi connectivity index (χ0n) is 11.3. The van der Waals surface area contributed by atoms with E-state index < -0.39 is 6.17 Å². The molecular formula is C13H19N3O3.